The van der Waals surface area contributed by atoms with Crippen LogP contribution in [0.2, 0.25) is 0 Å². The molecule has 2 rings (SSSR count). The van der Waals surface area contributed by atoms with Gasteiger partial charge in [0, 0.05) is 27.2 Å². The van der Waals surface area contributed by atoms with Crippen molar-refractivity contribution in [2.75, 3.05) is 20.6 Å². The van der Waals surface area contributed by atoms with Crippen LogP contribution in [0, 0.1) is 0 Å². The maximum atomic E-state index is 4.80. The van der Waals surface area contributed by atoms with E-state index in [1.54, 1.807) is 0 Å². The fourth-order valence-electron chi connectivity index (χ4n) is 3.23. The number of hydrogen-bond donors (Lipinski definition) is 1. The first-order chi connectivity index (χ1) is 12.9. The molecule has 1 heterocycles. The Morgan fingerprint density at radius 1 is 0.852 bits per heavy atom. The third-order valence-corrected chi connectivity index (χ3v) is 4.82. The molecule has 0 bridgehead atoms. The second-order valence-electron chi connectivity index (χ2n) is 8.02. The van der Waals surface area contributed by atoms with E-state index < -0.39 is 5.66 Å². The molecule has 1 aromatic rings. The van der Waals surface area contributed by atoms with Gasteiger partial charge >= 0.3 is 0 Å². The maximum Gasteiger partial charge on any atom is 0.203 e. The van der Waals surface area contributed by atoms with Gasteiger partial charge in [-0.05, 0) is 25.8 Å². The second kappa shape index (κ2) is 10.3. The van der Waals surface area contributed by atoms with Gasteiger partial charge in [-0.25, -0.2) is 9.98 Å². The summed E-state index contributed by atoms with van der Waals surface area (Å²) in [5, 5.41) is 3.44. The molecule has 27 heavy (non-hydrogen) atoms. The maximum absolute atomic E-state index is 4.80. The molecule has 0 fully saturated rings. The summed E-state index contributed by atoms with van der Waals surface area (Å²) in [7, 11) is 4.19. The monoisotopic (exact) mass is 371 g/mol. The van der Waals surface area contributed by atoms with Gasteiger partial charge in [-0.15, -0.1) is 0 Å². The van der Waals surface area contributed by atoms with Gasteiger partial charge in [-0.3, -0.25) is 5.32 Å². The summed E-state index contributed by atoms with van der Waals surface area (Å²) in [5.74, 6) is 1.79. The molecule has 0 amide bonds. The molecule has 0 atom stereocenters. The summed E-state index contributed by atoms with van der Waals surface area (Å²) in [6.07, 6.45) is 7.83. The minimum Gasteiger partial charge on any atom is -0.346 e. The number of rotatable bonds is 9. The van der Waals surface area contributed by atoms with Crippen molar-refractivity contribution in [2.45, 2.75) is 71.5 Å². The third-order valence-electron chi connectivity index (χ3n) is 4.82. The van der Waals surface area contributed by atoms with Crippen molar-refractivity contribution >= 4 is 11.9 Å². The molecule has 5 heteroatoms. The smallest absolute Gasteiger partial charge is 0.203 e. The van der Waals surface area contributed by atoms with Crippen molar-refractivity contribution in [2.24, 2.45) is 9.98 Å². The number of nitrogens with zero attached hydrogens (tertiary/aromatic N) is 4. The topological polar surface area (TPSA) is 43.2 Å². The fourth-order valence-corrected chi connectivity index (χ4v) is 3.23. The van der Waals surface area contributed by atoms with E-state index in [1.165, 1.54) is 44.1 Å². The average molecular weight is 372 g/mol. The third kappa shape index (κ3) is 7.24. The van der Waals surface area contributed by atoms with Crippen LogP contribution < -0.4 is 5.32 Å². The molecule has 0 saturated carbocycles. The Balaban J connectivity index is 1.90. The van der Waals surface area contributed by atoms with Crippen molar-refractivity contribution in [3.05, 3.63) is 35.9 Å². The molecule has 5 nitrogen and oxygen atoms in total. The van der Waals surface area contributed by atoms with Crippen LogP contribution >= 0.6 is 0 Å². The predicted octanol–water partition coefficient (Wildman–Crippen LogP) is 4.46. The summed E-state index contributed by atoms with van der Waals surface area (Å²) >= 11 is 0. The summed E-state index contributed by atoms with van der Waals surface area (Å²) in [4.78, 5) is 14.0. The van der Waals surface area contributed by atoms with Crippen LogP contribution in [0.1, 0.15) is 64.9 Å². The summed E-state index contributed by atoms with van der Waals surface area (Å²) in [5.41, 5.74) is 0.822. The van der Waals surface area contributed by atoms with Gasteiger partial charge in [-0.1, -0.05) is 69.4 Å². The van der Waals surface area contributed by atoms with E-state index in [0.29, 0.717) is 0 Å². The van der Waals surface area contributed by atoms with Crippen molar-refractivity contribution in [3.63, 3.8) is 0 Å². The van der Waals surface area contributed by atoms with E-state index in [1.807, 2.05) is 6.07 Å². The van der Waals surface area contributed by atoms with Gasteiger partial charge in [0.1, 0.15) is 0 Å². The number of guanidine groups is 2. The fraction of sp³-hybridized carbons (Fsp3) is 0.636. The zero-order chi connectivity index (χ0) is 19.7. The normalized spacial score (nSPS) is 15.6. The van der Waals surface area contributed by atoms with Crippen LogP contribution in [0.15, 0.2) is 40.3 Å². The Morgan fingerprint density at radius 3 is 2.11 bits per heavy atom. The van der Waals surface area contributed by atoms with Crippen LogP contribution in [0.3, 0.4) is 0 Å². The number of nitrogens with one attached hydrogen (secondary N) is 1. The van der Waals surface area contributed by atoms with Gasteiger partial charge < -0.3 is 9.80 Å². The minimum atomic E-state index is -0.448. The highest BCUT2D eigenvalue weighted by Gasteiger charge is 2.26. The average Bonchev–Trinajstić information content (AvgIpc) is 2.64. The SMILES string of the molecule is CCCCCCCCN(C)C1=NC(C)(C)N=C(N(C)Cc2ccccc2)N1. The van der Waals surface area contributed by atoms with Crippen molar-refractivity contribution < 1.29 is 0 Å². The largest absolute Gasteiger partial charge is 0.346 e. The molecule has 0 aliphatic carbocycles. The lowest BCUT2D eigenvalue weighted by Gasteiger charge is -2.34. The Morgan fingerprint density at radius 2 is 1.44 bits per heavy atom. The van der Waals surface area contributed by atoms with E-state index in [0.717, 1.165) is 25.0 Å². The van der Waals surface area contributed by atoms with Crippen LogP contribution in [0.25, 0.3) is 0 Å². The van der Waals surface area contributed by atoms with Crippen molar-refractivity contribution in [1.82, 2.24) is 15.1 Å². The van der Waals surface area contributed by atoms with Crippen molar-refractivity contribution in [3.8, 4) is 0 Å². The van der Waals surface area contributed by atoms with Crippen LogP contribution in [0.5, 0.6) is 0 Å². The molecule has 0 unspecified atom stereocenters. The first-order valence-electron chi connectivity index (χ1n) is 10.3. The highest BCUT2D eigenvalue weighted by molar-refractivity contribution is 6.00. The van der Waals surface area contributed by atoms with E-state index in [2.05, 4.69) is 74.2 Å². The zero-order valence-electron chi connectivity index (χ0n) is 17.8. The van der Waals surface area contributed by atoms with Crippen LogP contribution in [-0.2, 0) is 6.54 Å². The van der Waals surface area contributed by atoms with E-state index in [9.17, 15) is 0 Å². The number of benzene rings is 1. The molecule has 0 saturated heterocycles. The van der Waals surface area contributed by atoms with E-state index in [4.69, 9.17) is 9.98 Å². The van der Waals surface area contributed by atoms with Crippen LogP contribution in [0.4, 0.5) is 0 Å². The number of unbranched alkanes of at least 4 members (excludes halogenated alkanes) is 5. The summed E-state index contributed by atoms with van der Waals surface area (Å²) in [6.45, 7) is 8.21. The van der Waals surface area contributed by atoms with Crippen molar-refractivity contribution in [1.29, 1.82) is 0 Å². The lowest BCUT2D eigenvalue weighted by molar-refractivity contribution is 0.413. The molecule has 0 radical (unpaired) electrons. The molecule has 1 aromatic carbocycles. The predicted molar refractivity (Wildman–Crippen MR) is 116 cm³/mol. The molecule has 1 N–H and O–H groups in total. The number of hydrogen-bond acceptors (Lipinski definition) is 5. The van der Waals surface area contributed by atoms with Crippen LogP contribution in [-0.4, -0.2) is 48.0 Å². The van der Waals surface area contributed by atoms with Gasteiger partial charge in [0.25, 0.3) is 0 Å². The highest BCUT2D eigenvalue weighted by Crippen LogP contribution is 2.17. The Kier molecular flexibility index (Phi) is 8.14. The van der Waals surface area contributed by atoms with Gasteiger partial charge in [0.05, 0.1) is 0 Å². The number of aliphatic imine (C=N–C) groups is 2. The molecular weight excluding hydrogens is 334 g/mol. The molecular formula is C22H37N5. The lowest BCUT2D eigenvalue weighted by atomic mass is 10.1. The van der Waals surface area contributed by atoms with Gasteiger partial charge in [0.2, 0.25) is 11.9 Å². The van der Waals surface area contributed by atoms with Gasteiger partial charge in [-0.2, -0.15) is 0 Å². The van der Waals surface area contributed by atoms with E-state index in [-0.39, 0.29) is 0 Å². The van der Waals surface area contributed by atoms with Gasteiger partial charge in [0.15, 0.2) is 5.66 Å². The lowest BCUT2D eigenvalue weighted by Crippen LogP contribution is -2.52. The molecule has 1 aliphatic rings. The molecule has 0 aromatic heterocycles. The summed E-state index contributed by atoms with van der Waals surface area (Å²) < 4.78 is 0. The molecule has 0 spiro atoms. The second-order valence-corrected chi connectivity index (χ2v) is 8.02. The summed E-state index contributed by atoms with van der Waals surface area (Å²) in [6, 6.07) is 10.5. The first kappa shape index (κ1) is 21.3. The zero-order valence-corrected chi connectivity index (χ0v) is 17.8. The van der Waals surface area contributed by atoms with E-state index >= 15 is 0 Å². The molecule has 1 aliphatic heterocycles. The Labute approximate surface area is 165 Å². The standard InChI is InChI=1S/C22H37N5/c1-6-7-8-9-10-14-17-26(4)20-23-21(25-22(2,3)24-20)27(5)18-19-15-12-11-13-16-19/h11-13,15-16H,6-10,14,17-18H2,1-5H3,(H,23,24,25). The molecule has 150 valence electrons. The minimum absolute atomic E-state index is 0.448. The Hall–Kier alpha value is -2.04. The Bertz CT molecular complexity index is 621. The first-order valence-corrected chi connectivity index (χ1v) is 10.3. The highest BCUT2D eigenvalue weighted by atomic mass is 15.4. The quantitative estimate of drug-likeness (QED) is 0.652.